The lowest BCUT2D eigenvalue weighted by molar-refractivity contribution is -0.148. The van der Waals surface area contributed by atoms with Crippen molar-refractivity contribution in [2.75, 3.05) is 10.7 Å². The van der Waals surface area contributed by atoms with Crippen molar-refractivity contribution in [2.24, 2.45) is 0 Å². The van der Waals surface area contributed by atoms with Crippen LogP contribution in [-0.2, 0) is 14.4 Å². The Morgan fingerprint density at radius 2 is 2.00 bits per heavy atom. The van der Waals surface area contributed by atoms with Crippen LogP contribution in [0.3, 0.4) is 0 Å². The maximum absolute atomic E-state index is 12.8. The number of fused-ring (bicyclic) bond motifs is 1. The van der Waals surface area contributed by atoms with Gasteiger partial charge in [0, 0.05) is 18.4 Å². The van der Waals surface area contributed by atoms with Gasteiger partial charge in [-0.2, -0.15) is 0 Å². The molecular weight excluding hydrogens is 340 g/mol. The summed E-state index contributed by atoms with van der Waals surface area (Å²) < 4.78 is 0. The van der Waals surface area contributed by atoms with E-state index in [0.717, 1.165) is 0 Å². The van der Waals surface area contributed by atoms with Gasteiger partial charge in [-0.05, 0) is 24.6 Å². The third-order valence-electron chi connectivity index (χ3n) is 4.19. The number of carbonyl (C=O) groups is 3. The molecule has 130 valence electrons. The van der Waals surface area contributed by atoms with Crippen LogP contribution in [0.2, 0.25) is 0 Å². The zero-order valence-corrected chi connectivity index (χ0v) is 14.7. The number of hydrogen-bond donors (Lipinski definition) is 1. The van der Waals surface area contributed by atoms with Crippen LogP contribution in [0.4, 0.5) is 5.69 Å². The molecule has 3 rings (SSSR count). The molecule has 2 heterocycles. The highest BCUT2D eigenvalue weighted by atomic mass is 32.2. The van der Waals surface area contributed by atoms with Gasteiger partial charge in [-0.3, -0.25) is 19.4 Å². The number of allylic oxidation sites excluding steroid dienone is 2. The van der Waals surface area contributed by atoms with Gasteiger partial charge >= 0.3 is 5.97 Å². The number of para-hydroxylation sites is 1. The first-order chi connectivity index (χ1) is 12.0. The molecule has 0 radical (unpaired) electrons. The van der Waals surface area contributed by atoms with Gasteiger partial charge in [-0.25, -0.2) is 4.79 Å². The van der Waals surface area contributed by atoms with Gasteiger partial charge in [0.1, 0.15) is 17.1 Å². The van der Waals surface area contributed by atoms with Gasteiger partial charge in [0.25, 0.3) is 5.91 Å². The summed E-state index contributed by atoms with van der Waals surface area (Å²) in [4.78, 5) is 39.4. The van der Waals surface area contributed by atoms with Crippen molar-refractivity contribution in [3.63, 3.8) is 0 Å². The molecule has 2 aliphatic rings. The van der Waals surface area contributed by atoms with Gasteiger partial charge in [-0.15, -0.1) is 11.8 Å². The number of β-lactam (4-membered cyclic amide) rings is 1. The molecule has 1 N–H and O–H groups in total. The minimum absolute atomic E-state index is 0.0136. The number of carboxylic acid groups (broad SMARTS) is 1. The Morgan fingerprint density at radius 3 is 2.56 bits per heavy atom. The van der Waals surface area contributed by atoms with Crippen molar-refractivity contribution in [2.45, 2.75) is 25.3 Å². The van der Waals surface area contributed by atoms with Crippen LogP contribution in [0.5, 0.6) is 0 Å². The molecule has 1 fully saturated rings. The molecule has 2 aliphatic heterocycles. The molecule has 2 atom stereocenters. The molecule has 2 amide bonds. The van der Waals surface area contributed by atoms with Crippen LogP contribution in [0.1, 0.15) is 13.8 Å². The van der Waals surface area contributed by atoms with Crippen molar-refractivity contribution in [1.29, 1.82) is 0 Å². The van der Waals surface area contributed by atoms with Gasteiger partial charge in [-0.1, -0.05) is 30.4 Å². The molecule has 0 bridgehead atoms. The molecule has 6 nitrogen and oxygen atoms in total. The number of hydrogen-bond acceptors (Lipinski definition) is 4. The summed E-state index contributed by atoms with van der Waals surface area (Å²) in [6.07, 6.45) is 3.47. The first-order valence-corrected chi connectivity index (χ1v) is 8.91. The van der Waals surface area contributed by atoms with Crippen molar-refractivity contribution in [1.82, 2.24) is 4.90 Å². The van der Waals surface area contributed by atoms with Gasteiger partial charge in [0.05, 0.1) is 0 Å². The van der Waals surface area contributed by atoms with Crippen LogP contribution >= 0.6 is 11.8 Å². The lowest BCUT2D eigenvalue weighted by atomic mass is 10.00. The first-order valence-electron chi connectivity index (χ1n) is 7.86. The van der Waals surface area contributed by atoms with E-state index in [9.17, 15) is 19.5 Å². The van der Waals surface area contributed by atoms with E-state index < -0.39 is 17.4 Å². The third-order valence-corrected chi connectivity index (χ3v) is 5.48. The highest BCUT2D eigenvalue weighted by Gasteiger charge is 2.56. The Hall–Kier alpha value is -2.54. The second kappa shape index (κ2) is 6.76. The van der Waals surface area contributed by atoms with Crippen LogP contribution < -0.4 is 4.90 Å². The lowest BCUT2D eigenvalue weighted by Crippen LogP contribution is -2.71. The molecule has 1 aromatic carbocycles. The van der Waals surface area contributed by atoms with Crippen LogP contribution in [0, 0.1) is 0 Å². The van der Waals surface area contributed by atoms with Gasteiger partial charge in [0.15, 0.2) is 0 Å². The number of thioether (sulfide) groups is 1. The number of amides is 2. The van der Waals surface area contributed by atoms with E-state index in [1.54, 1.807) is 43.3 Å². The Kier molecular flexibility index (Phi) is 4.67. The number of carbonyl (C=O) groups excluding carboxylic acids is 2. The summed E-state index contributed by atoms with van der Waals surface area (Å²) in [7, 11) is 0. The minimum atomic E-state index is -1.13. The molecule has 0 spiro atoms. The third kappa shape index (κ3) is 2.84. The number of aliphatic carboxylic acids is 1. The van der Waals surface area contributed by atoms with Crippen molar-refractivity contribution >= 4 is 35.2 Å². The van der Waals surface area contributed by atoms with E-state index in [-0.39, 0.29) is 17.5 Å². The molecule has 0 saturated carbocycles. The number of anilines is 1. The highest BCUT2D eigenvalue weighted by Crippen LogP contribution is 2.43. The molecule has 0 aliphatic carbocycles. The summed E-state index contributed by atoms with van der Waals surface area (Å²) >= 11 is 1.47. The largest absolute Gasteiger partial charge is 0.477 e. The minimum Gasteiger partial charge on any atom is -0.477 e. The zero-order chi connectivity index (χ0) is 18.1. The standard InChI is InChI=1S/C18H18N2O4S/c1-3-7-12-10-25-17-15(16(22)20(17)14(12)18(23)24)19(11(2)21)13-8-5-4-6-9-13/h3-9,15,17H,10H2,1-2H3,(H,23,24)/b7-3-/t15?,17-/m0/s1. The van der Waals surface area contributed by atoms with Crippen molar-refractivity contribution in [3.05, 3.63) is 53.8 Å². The molecular formula is C18H18N2O4S. The fraction of sp³-hybridized carbons (Fsp3) is 0.278. The SMILES string of the molecule is C/C=C\C1=C(C(=O)O)N2C(=O)C(N(C(C)=O)c3ccccc3)[C@@H]2SC1. The molecule has 1 unspecified atom stereocenters. The Balaban J connectivity index is 1.98. The fourth-order valence-electron chi connectivity index (χ4n) is 3.18. The van der Waals surface area contributed by atoms with Crippen LogP contribution in [0.25, 0.3) is 0 Å². The van der Waals surface area contributed by atoms with Crippen LogP contribution in [-0.4, -0.2) is 45.0 Å². The monoisotopic (exact) mass is 358 g/mol. The Labute approximate surface area is 149 Å². The predicted octanol–water partition coefficient (Wildman–Crippen LogP) is 2.24. The van der Waals surface area contributed by atoms with E-state index in [4.69, 9.17) is 0 Å². The summed E-state index contributed by atoms with van der Waals surface area (Å²) in [5.41, 5.74) is 1.26. The molecule has 25 heavy (non-hydrogen) atoms. The average molecular weight is 358 g/mol. The van der Waals surface area contributed by atoms with Gasteiger partial charge < -0.3 is 5.11 Å². The van der Waals surface area contributed by atoms with E-state index in [0.29, 0.717) is 17.0 Å². The molecule has 1 saturated heterocycles. The summed E-state index contributed by atoms with van der Waals surface area (Å²) in [6, 6.07) is 8.28. The Bertz CT molecular complexity index is 788. The maximum atomic E-state index is 12.8. The van der Waals surface area contributed by atoms with Crippen LogP contribution in [0.15, 0.2) is 53.8 Å². The topological polar surface area (TPSA) is 77.9 Å². The van der Waals surface area contributed by atoms with E-state index in [1.165, 1.54) is 28.5 Å². The second-order valence-corrected chi connectivity index (χ2v) is 6.86. The normalized spacial score (nSPS) is 22.6. The van der Waals surface area contributed by atoms with Crippen molar-refractivity contribution < 1.29 is 19.5 Å². The van der Waals surface area contributed by atoms with E-state index in [1.807, 2.05) is 6.07 Å². The number of rotatable bonds is 4. The lowest BCUT2D eigenvalue weighted by Gasteiger charge is -2.52. The van der Waals surface area contributed by atoms with E-state index >= 15 is 0 Å². The molecule has 7 heteroatoms. The first kappa shape index (κ1) is 17.3. The molecule has 0 aromatic heterocycles. The van der Waals surface area contributed by atoms with Crippen molar-refractivity contribution in [3.8, 4) is 0 Å². The van der Waals surface area contributed by atoms with Gasteiger partial charge in [0.2, 0.25) is 5.91 Å². The summed E-state index contributed by atoms with van der Waals surface area (Å²) in [5.74, 6) is -1.25. The summed E-state index contributed by atoms with van der Waals surface area (Å²) in [6.45, 7) is 3.21. The smallest absolute Gasteiger partial charge is 0.352 e. The predicted molar refractivity (Wildman–Crippen MR) is 96.0 cm³/mol. The maximum Gasteiger partial charge on any atom is 0.352 e. The number of carboxylic acids is 1. The number of nitrogens with zero attached hydrogens (tertiary/aromatic N) is 2. The van der Waals surface area contributed by atoms with E-state index in [2.05, 4.69) is 0 Å². The second-order valence-electron chi connectivity index (χ2n) is 5.76. The Morgan fingerprint density at radius 1 is 1.32 bits per heavy atom. The zero-order valence-electron chi connectivity index (χ0n) is 13.9. The number of benzene rings is 1. The quantitative estimate of drug-likeness (QED) is 0.835. The average Bonchev–Trinajstić information content (AvgIpc) is 2.59. The molecule has 1 aromatic rings. The summed E-state index contributed by atoms with van der Waals surface area (Å²) in [5, 5.41) is 9.16. The fourth-order valence-corrected chi connectivity index (χ4v) is 4.55. The highest BCUT2D eigenvalue weighted by molar-refractivity contribution is 8.00.